The Morgan fingerprint density at radius 3 is 3.55 bits per heavy atom. The zero-order chi connectivity index (χ0) is 7.68. The zero-order valence-electron chi connectivity index (χ0n) is 5.50. The van der Waals surface area contributed by atoms with E-state index < -0.39 is 0 Å². The fraction of sp³-hybridized carbons (Fsp3) is 0.167. The number of aromatic nitrogens is 2. The van der Waals surface area contributed by atoms with E-state index in [2.05, 4.69) is 21.5 Å². The molecule has 55 valence electrons. The Kier molecular flexibility index (Phi) is 1.21. The molecule has 0 saturated carbocycles. The average Bonchev–Trinajstić information content (AvgIpc) is 2.04. The summed E-state index contributed by atoms with van der Waals surface area (Å²) in [4.78, 5) is 18.1. The lowest BCUT2D eigenvalue weighted by atomic mass is 10.4. The summed E-state index contributed by atoms with van der Waals surface area (Å²) >= 11 is 0. The summed E-state index contributed by atoms with van der Waals surface area (Å²) in [5, 5.41) is 2.51. The van der Waals surface area contributed by atoms with E-state index in [0.717, 1.165) is 0 Å². The van der Waals surface area contributed by atoms with Crippen molar-refractivity contribution in [2.24, 2.45) is 0 Å². The Morgan fingerprint density at radius 1 is 1.73 bits per heavy atom. The van der Waals surface area contributed by atoms with Gasteiger partial charge in [-0.2, -0.15) is 0 Å². The first-order chi connectivity index (χ1) is 5.36. The number of nitrogens with zero attached hydrogens (tertiary/aromatic N) is 2. The van der Waals surface area contributed by atoms with Crippen LogP contribution in [-0.2, 0) is 4.79 Å². The van der Waals surface area contributed by atoms with Crippen molar-refractivity contribution in [3.05, 3.63) is 12.5 Å². The molecule has 5 heteroatoms. The third-order valence-corrected chi connectivity index (χ3v) is 1.23. The fourth-order valence-electron chi connectivity index (χ4n) is 0.781. The second kappa shape index (κ2) is 2.19. The van der Waals surface area contributed by atoms with E-state index in [1.807, 2.05) is 0 Å². The number of amides is 1. The Labute approximate surface area is 62.4 Å². The molecule has 1 N–H and O–H groups in total. The minimum atomic E-state index is -0.204. The normalized spacial score (nSPS) is 14.7. The molecule has 0 aliphatic carbocycles. The number of ether oxygens (including phenoxy) is 1. The van der Waals surface area contributed by atoms with Gasteiger partial charge in [0.25, 0.3) is 5.91 Å². The van der Waals surface area contributed by atoms with Crippen LogP contribution in [0.3, 0.4) is 0 Å². The van der Waals surface area contributed by atoms with Crippen molar-refractivity contribution in [1.29, 1.82) is 0 Å². The van der Waals surface area contributed by atoms with Gasteiger partial charge in [-0.05, 0) is 0 Å². The number of hydrogen-bond donors (Lipinski definition) is 1. The lowest BCUT2D eigenvalue weighted by molar-refractivity contribution is -0.118. The van der Waals surface area contributed by atoms with Crippen LogP contribution in [-0.4, -0.2) is 22.5 Å². The second-order valence-electron chi connectivity index (χ2n) is 2.00. The number of nitrogens with one attached hydrogen (secondary N) is 1. The average molecular weight is 150 g/mol. The molecule has 0 aromatic carbocycles. The summed E-state index contributed by atoms with van der Waals surface area (Å²) in [6.45, 7) is 0.0108. The van der Waals surface area contributed by atoms with E-state index in [9.17, 15) is 4.79 Å². The SMILES string of the molecule is O=C1COc2[c]ncnc2N1. The van der Waals surface area contributed by atoms with Crippen molar-refractivity contribution in [2.45, 2.75) is 0 Å². The molecule has 0 unspecified atom stereocenters. The molecule has 1 radical (unpaired) electrons. The lowest BCUT2D eigenvalue weighted by Gasteiger charge is -2.14. The second-order valence-corrected chi connectivity index (χ2v) is 2.00. The quantitative estimate of drug-likeness (QED) is 0.547. The van der Waals surface area contributed by atoms with Gasteiger partial charge in [-0.3, -0.25) is 4.79 Å². The van der Waals surface area contributed by atoms with Crippen molar-refractivity contribution in [1.82, 2.24) is 9.97 Å². The van der Waals surface area contributed by atoms with Crippen LogP contribution >= 0.6 is 0 Å². The molecule has 5 nitrogen and oxygen atoms in total. The maximum absolute atomic E-state index is 10.7. The van der Waals surface area contributed by atoms with Gasteiger partial charge in [0.1, 0.15) is 12.5 Å². The first-order valence-electron chi connectivity index (χ1n) is 3.01. The summed E-state index contributed by atoms with van der Waals surface area (Å²) in [5.41, 5.74) is 0. The van der Waals surface area contributed by atoms with Gasteiger partial charge in [0.2, 0.25) is 0 Å². The first kappa shape index (κ1) is 6.09. The first-order valence-corrected chi connectivity index (χ1v) is 3.01. The van der Waals surface area contributed by atoms with Gasteiger partial charge in [0.15, 0.2) is 18.2 Å². The van der Waals surface area contributed by atoms with E-state index in [4.69, 9.17) is 4.74 Å². The molecule has 1 aliphatic rings. The molecule has 0 fully saturated rings. The monoisotopic (exact) mass is 150 g/mol. The molecule has 1 aromatic heterocycles. The number of rotatable bonds is 0. The molecule has 1 aliphatic heterocycles. The molecule has 2 rings (SSSR count). The van der Waals surface area contributed by atoms with Crippen LogP contribution in [0.1, 0.15) is 0 Å². The van der Waals surface area contributed by atoms with Gasteiger partial charge in [-0.25, -0.2) is 9.97 Å². The molecule has 1 aromatic rings. The summed E-state index contributed by atoms with van der Waals surface area (Å²) in [6.07, 6.45) is 3.86. The lowest BCUT2D eigenvalue weighted by Crippen LogP contribution is -2.26. The van der Waals surface area contributed by atoms with Crippen LogP contribution in [0.25, 0.3) is 0 Å². The molecule has 2 heterocycles. The number of anilines is 1. The van der Waals surface area contributed by atoms with E-state index in [0.29, 0.717) is 11.6 Å². The van der Waals surface area contributed by atoms with Crippen LogP contribution < -0.4 is 10.1 Å². The van der Waals surface area contributed by atoms with E-state index in [1.54, 1.807) is 0 Å². The minimum Gasteiger partial charge on any atom is -0.477 e. The summed E-state index contributed by atoms with van der Waals surface area (Å²) in [5.74, 6) is 0.577. The molecule has 11 heavy (non-hydrogen) atoms. The molecule has 0 spiro atoms. The van der Waals surface area contributed by atoms with Crippen molar-refractivity contribution in [3.8, 4) is 5.75 Å². The third kappa shape index (κ3) is 1.000. The highest BCUT2D eigenvalue weighted by atomic mass is 16.5. The smallest absolute Gasteiger partial charge is 0.263 e. The van der Waals surface area contributed by atoms with Crippen LogP contribution in [0.15, 0.2) is 6.33 Å². The Morgan fingerprint density at radius 2 is 2.64 bits per heavy atom. The van der Waals surface area contributed by atoms with Gasteiger partial charge >= 0.3 is 0 Å². The van der Waals surface area contributed by atoms with E-state index in [-0.39, 0.29) is 12.5 Å². The highest BCUT2D eigenvalue weighted by molar-refractivity contribution is 5.93. The Balaban J connectivity index is 2.41. The highest BCUT2D eigenvalue weighted by Crippen LogP contribution is 2.21. The van der Waals surface area contributed by atoms with Crippen molar-refractivity contribution in [3.63, 3.8) is 0 Å². The predicted octanol–water partition coefficient (Wildman–Crippen LogP) is -0.392. The van der Waals surface area contributed by atoms with Gasteiger partial charge in [-0.1, -0.05) is 0 Å². The molecular weight excluding hydrogens is 146 g/mol. The van der Waals surface area contributed by atoms with E-state index >= 15 is 0 Å². The van der Waals surface area contributed by atoms with Crippen molar-refractivity contribution >= 4 is 11.7 Å². The summed E-state index contributed by atoms with van der Waals surface area (Å²) in [6, 6.07) is 0. The Bertz CT molecular complexity index is 300. The van der Waals surface area contributed by atoms with Crippen LogP contribution in [0, 0.1) is 6.20 Å². The van der Waals surface area contributed by atoms with Crippen LogP contribution in [0.4, 0.5) is 5.82 Å². The Hall–Kier alpha value is -1.65. The van der Waals surface area contributed by atoms with E-state index in [1.165, 1.54) is 6.33 Å². The summed E-state index contributed by atoms with van der Waals surface area (Å²) < 4.78 is 4.94. The van der Waals surface area contributed by atoms with Gasteiger partial charge in [0.05, 0.1) is 0 Å². The van der Waals surface area contributed by atoms with Gasteiger partial charge < -0.3 is 10.1 Å². The standard InChI is InChI=1S/C6H4N3O2/c10-5-2-11-4-1-7-3-8-6(4)9-5/h3H,2H2,(H,7,8,9,10). The van der Waals surface area contributed by atoms with Crippen molar-refractivity contribution in [2.75, 3.05) is 11.9 Å². The topological polar surface area (TPSA) is 64.1 Å². The maximum atomic E-state index is 10.7. The van der Waals surface area contributed by atoms with Crippen LogP contribution in [0.5, 0.6) is 5.75 Å². The summed E-state index contributed by atoms with van der Waals surface area (Å²) in [7, 11) is 0. The highest BCUT2D eigenvalue weighted by Gasteiger charge is 2.16. The maximum Gasteiger partial charge on any atom is 0.263 e. The molecular formula is C6H4N3O2. The molecule has 0 bridgehead atoms. The fourth-order valence-corrected chi connectivity index (χ4v) is 0.781. The zero-order valence-corrected chi connectivity index (χ0v) is 5.50. The molecule has 0 atom stereocenters. The largest absolute Gasteiger partial charge is 0.477 e. The van der Waals surface area contributed by atoms with Gasteiger partial charge in [-0.15, -0.1) is 0 Å². The molecule has 0 saturated heterocycles. The number of carbonyl (C=O) groups excluding carboxylic acids is 1. The third-order valence-electron chi connectivity index (χ3n) is 1.23. The number of fused-ring (bicyclic) bond motifs is 1. The number of carbonyl (C=O) groups is 1. The van der Waals surface area contributed by atoms with Crippen molar-refractivity contribution < 1.29 is 9.53 Å². The number of hydrogen-bond acceptors (Lipinski definition) is 4. The van der Waals surface area contributed by atoms with Crippen LogP contribution in [0.2, 0.25) is 0 Å². The predicted molar refractivity (Wildman–Crippen MR) is 35.0 cm³/mol. The van der Waals surface area contributed by atoms with Gasteiger partial charge in [0, 0.05) is 0 Å². The molecule has 1 amide bonds. The minimum absolute atomic E-state index is 0.0108.